The van der Waals surface area contributed by atoms with E-state index in [0.717, 1.165) is 29.6 Å². The molecule has 1 aliphatic rings. The van der Waals surface area contributed by atoms with Crippen LogP contribution in [-0.2, 0) is 0 Å². The van der Waals surface area contributed by atoms with E-state index in [2.05, 4.69) is 36.4 Å². The van der Waals surface area contributed by atoms with Crippen molar-refractivity contribution in [3.63, 3.8) is 0 Å². The van der Waals surface area contributed by atoms with Crippen LogP contribution in [0.4, 0.5) is 5.95 Å². The molecule has 3 rings (SSSR count). The molecule has 102 valence electrons. The number of nitrogens with zero attached hydrogens (tertiary/aromatic N) is 2. The van der Waals surface area contributed by atoms with E-state index >= 15 is 0 Å². The van der Waals surface area contributed by atoms with Gasteiger partial charge in [0.2, 0.25) is 5.95 Å². The first kappa shape index (κ1) is 12.3. The van der Waals surface area contributed by atoms with E-state index in [1.807, 2.05) is 12.1 Å². The molecule has 2 N–H and O–H groups in total. The highest BCUT2D eigenvalue weighted by Crippen LogP contribution is 2.57. The average Bonchev–Trinajstić information content (AvgIpc) is 2.83. The van der Waals surface area contributed by atoms with Gasteiger partial charge in [-0.15, -0.1) is 0 Å². The van der Waals surface area contributed by atoms with Crippen molar-refractivity contribution in [2.45, 2.75) is 39.7 Å². The second-order valence-corrected chi connectivity index (χ2v) is 6.02. The Kier molecular flexibility index (Phi) is 2.69. The van der Waals surface area contributed by atoms with Crippen LogP contribution in [0, 0.1) is 5.41 Å². The fraction of sp³-hybridized carbons (Fsp3) is 0.533. The molecule has 1 aromatic heterocycles. The number of benzene rings is 1. The zero-order valence-electron chi connectivity index (χ0n) is 11.8. The van der Waals surface area contributed by atoms with Gasteiger partial charge in [0.1, 0.15) is 11.3 Å². The smallest absolute Gasteiger partial charge is 0.201 e. The third-order valence-electron chi connectivity index (χ3n) is 3.95. The summed E-state index contributed by atoms with van der Waals surface area (Å²) in [7, 11) is 0. The van der Waals surface area contributed by atoms with E-state index in [-0.39, 0.29) is 0 Å². The maximum atomic E-state index is 6.11. The minimum atomic E-state index is 0.321. The zero-order valence-corrected chi connectivity index (χ0v) is 11.8. The third-order valence-corrected chi connectivity index (χ3v) is 3.95. The number of para-hydroxylation sites is 1. The summed E-state index contributed by atoms with van der Waals surface area (Å²) in [6.07, 6.45) is 2.14. The first-order valence-electron chi connectivity index (χ1n) is 6.94. The van der Waals surface area contributed by atoms with E-state index in [1.54, 1.807) is 0 Å². The first-order valence-corrected chi connectivity index (χ1v) is 6.94. The number of nitrogen functional groups attached to an aromatic ring is 1. The summed E-state index contributed by atoms with van der Waals surface area (Å²) in [6.45, 7) is 7.33. The van der Waals surface area contributed by atoms with Crippen molar-refractivity contribution in [2.75, 3.05) is 12.3 Å². The summed E-state index contributed by atoms with van der Waals surface area (Å²) in [6, 6.07) is 6.51. The van der Waals surface area contributed by atoms with Crippen molar-refractivity contribution in [3.8, 4) is 5.75 Å². The van der Waals surface area contributed by atoms with E-state index in [9.17, 15) is 0 Å². The molecule has 4 nitrogen and oxygen atoms in total. The topological polar surface area (TPSA) is 53.1 Å². The minimum Gasteiger partial charge on any atom is -0.491 e. The number of hydrogen-bond acceptors (Lipinski definition) is 3. The lowest BCUT2D eigenvalue weighted by Crippen LogP contribution is -2.04. The second kappa shape index (κ2) is 4.15. The lowest BCUT2D eigenvalue weighted by atomic mass is 10.2. The van der Waals surface area contributed by atoms with Crippen LogP contribution in [-0.4, -0.2) is 16.2 Å². The van der Waals surface area contributed by atoms with Crippen LogP contribution in [0.5, 0.6) is 5.75 Å². The molecule has 1 saturated carbocycles. The van der Waals surface area contributed by atoms with Crippen LogP contribution in [0.25, 0.3) is 11.0 Å². The van der Waals surface area contributed by atoms with Crippen LogP contribution >= 0.6 is 0 Å². The highest BCUT2D eigenvalue weighted by molar-refractivity contribution is 5.84. The maximum absolute atomic E-state index is 6.11. The molecule has 1 unspecified atom stereocenters. The molecule has 0 amide bonds. The molecule has 0 saturated heterocycles. The number of fused-ring (bicyclic) bond motifs is 1. The summed E-state index contributed by atoms with van der Waals surface area (Å²) in [4.78, 5) is 4.51. The van der Waals surface area contributed by atoms with Crippen molar-refractivity contribution < 1.29 is 4.74 Å². The Morgan fingerprint density at radius 2 is 2.21 bits per heavy atom. The molecule has 1 heterocycles. The van der Waals surface area contributed by atoms with E-state index < -0.39 is 0 Å². The summed E-state index contributed by atoms with van der Waals surface area (Å²) < 4.78 is 7.92. The SMILES string of the molecule is CCCOc1cccc2c1nc(N)n2C1CC1(C)C. The Morgan fingerprint density at radius 3 is 2.84 bits per heavy atom. The van der Waals surface area contributed by atoms with E-state index in [4.69, 9.17) is 10.5 Å². The van der Waals surface area contributed by atoms with Gasteiger partial charge in [-0.25, -0.2) is 4.98 Å². The van der Waals surface area contributed by atoms with Gasteiger partial charge in [-0.2, -0.15) is 0 Å². The molecule has 1 aromatic carbocycles. The number of rotatable bonds is 4. The summed E-state index contributed by atoms with van der Waals surface area (Å²) in [5.74, 6) is 1.43. The molecule has 4 heteroatoms. The number of nitrogens with two attached hydrogens (primary N) is 1. The Balaban J connectivity index is 2.07. The van der Waals surface area contributed by atoms with Gasteiger partial charge in [0.05, 0.1) is 12.1 Å². The maximum Gasteiger partial charge on any atom is 0.201 e. The van der Waals surface area contributed by atoms with Gasteiger partial charge in [-0.05, 0) is 30.4 Å². The highest BCUT2D eigenvalue weighted by atomic mass is 16.5. The number of hydrogen-bond donors (Lipinski definition) is 1. The van der Waals surface area contributed by atoms with Gasteiger partial charge in [-0.1, -0.05) is 26.8 Å². The normalized spacial score (nSPS) is 20.7. The van der Waals surface area contributed by atoms with Crippen LogP contribution in [0.1, 0.15) is 39.7 Å². The fourth-order valence-electron chi connectivity index (χ4n) is 2.65. The zero-order chi connectivity index (χ0) is 13.6. The molecule has 0 spiro atoms. The summed E-state index contributed by atoms with van der Waals surface area (Å²) >= 11 is 0. The highest BCUT2D eigenvalue weighted by Gasteiger charge is 2.48. The lowest BCUT2D eigenvalue weighted by Gasteiger charge is -2.09. The molecule has 1 atom stereocenters. The Morgan fingerprint density at radius 1 is 1.47 bits per heavy atom. The molecule has 19 heavy (non-hydrogen) atoms. The van der Waals surface area contributed by atoms with Crippen LogP contribution in [0.15, 0.2) is 18.2 Å². The summed E-state index contributed by atoms with van der Waals surface area (Å²) in [5.41, 5.74) is 8.40. The first-order chi connectivity index (χ1) is 9.04. The van der Waals surface area contributed by atoms with Gasteiger partial charge in [-0.3, -0.25) is 0 Å². The van der Waals surface area contributed by atoms with Gasteiger partial charge >= 0.3 is 0 Å². The van der Waals surface area contributed by atoms with Crippen LogP contribution in [0.2, 0.25) is 0 Å². The lowest BCUT2D eigenvalue weighted by molar-refractivity contribution is 0.320. The fourth-order valence-corrected chi connectivity index (χ4v) is 2.65. The molecule has 0 bridgehead atoms. The predicted octanol–water partition coefficient (Wildman–Crippen LogP) is 3.38. The number of ether oxygens (including phenoxy) is 1. The molecule has 1 fully saturated rings. The largest absolute Gasteiger partial charge is 0.491 e. The molecular weight excluding hydrogens is 238 g/mol. The molecule has 0 radical (unpaired) electrons. The second-order valence-electron chi connectivity index (χ2n) is 6.02. The Bertz CT molecular complexity index is 615. The van der Waals surface area contributed by atoms with Crippen molar-refractivity contribution in [2.24, 2.45) is 5.41 Å². The Labute approximate surface area is 113 Å². The summed E-state index contributed by atoms with van der Waals surface area (Å²) in [5, 5.41) is 0. The average molecular weight is 259 g/mol. The number of imidazole rings is 1. The molecular formula is C15H21N3O. The van der Waals surface area contributed by atoms with Gasteiger partial charge in [0, 0.05) is 6.04 Å². The predicted molar refractivity (Wildman–Crippen MR) is 77.4 cm³/mol. The molecule has 2 aromatic rings. The minimum absolute atomic E-state index is 0.321. The van der Waals surface area contributed by atoms with E-state index in [1.165, 1.54) is 0 Å². The van der Waals surface area contributed by atoms with Crippen molar-refractivity contribution in [1.29, 1.82) is 0 Å². The van der Waals surface area contributed by atoms with Crippen LogP contribution in [0.3, 0.4) is 0 Å². The van der Waals surface area contributed by atoms with Crippen molar-refractivity contribution >= 4 is 17.0 Å². The Hall–Kier alpha value is -1.71. The van der Waals surface area contributed by atoms with Crippen molar-refractivity contribution in [3.05, 3.63) is 18.2 Å². The van der Waals surface area contributed by atoms with Crippen molar-refractivity contribution in [1.82, 2.24) is 9.55 Å². The van der Waals surface area contributed by atoms with E-state index in [0.29, 0.717) is 24.0 Å². The van der Waals surface area contributed by atoms with Crippen LogP contribution < -0.4 is 10.5 Å². The van der Waals surface area contributed by atoms with Gasteiger partial charge < -0.3 is 15.0 Å². The number of aromatic nitrogens is 2. The quantitative estimate of drug-likeness (QED) is 0.915. The third kappa shape index (κ3) is 1.95. The van der Waals surface area contributed by atoms with Gasteiger partial charge in [0.15, 0.2) is 0 Å². The van der Waals surface area contributed by atoms with Gasteiger partial charge in [0.25, 0.3) is 0 Å². The molecule has 0 aliphatic heterocycles. The number of anilines is 1. The monoisotopic (exact) mass is 259 g/mol. The molecule has 1 aliphatic carbocycles. The standard InChI is InChI=1S/C15H21N3O/c1-4-8-19-11-7-5-6-10-13(11)17-14(16)18(10)12-9-15(12,2)3/h5-7,12H,4,8-9H2,1-3H3,(H2,16,17).